The predicted molar refractivity (Wildman–Crippen MR) is 121 cm³/mol. The third-order valence-corrected chi connectivity index (χ3v) is 6.91. The van der Waals surface area contributed by atoms with Gasteiger partial charge in [-0.25, -0.2) is 9.97 Å². The summed E-state index contributed by atoms with van der Waals surface area (Å²) in [6.45, 7) is 3.69. The summed E-state index contributed by atoms with van der Waals surface area (Å²) in [7, 11) is 0. The Kier molecular flexibility index (Phi) is 4.33. The van der Waals surface area contributed by atoms with E-state index in [4.69, 9.17) is 14.7 Å². The highest BCUT2D eigenvalue weighted by atomic mass is 16.5. The van der Waals surface area contributed by atoms with Crippen molar-refractivity contribution in [3.05, 3.63) is 54.1 Å². The number of ether oxygens (including phenoxy) is 1. The van der Waals surface area contributed by atoms with Crippen LogP contribution in [0.3, 0.4) is 0 Å². The first-order valence-electron chi connectivity index (χ1n) is 11.3. The molecule has 0 unspecified atom stereocenters. The first-order valence-corrected chi connectivity index (χ1v) is 11.3. The minimum atomic E-state index is -0.403. The van der Waals surface area contributed by atoms with E-state index >= 15 is 0 Å². The van der Waals surface area contributed by atoms with Gasteiger partial charge in [0.25, 0.3) is 0 Å². The quantitative estimate of drug-likeness (QED) is 0.625. The number of nitrogens with zero attached hydrogens (tertiary/aromatic N) is 4. The molecule has 0 amide bonds. The number of carbonyl (C=O) groups is 1. The Labute approximate surface area is 181 Å². The molecule has 0 saturated carbocycles. The van der Waals surface area contributed by atoms with Crippen molar-refractivity contribution in [3.8, 4) is 5.75 Å². The topological polar surface area (TPSA) is 58.6 Å². The lowest BCUT2D eigenvalue weighted by atomic mass is 9.82. The maximum atomic E-state index is 12.8. The van der Waals surface area contributed by atoms with Crippen LogP contribution in [0, 0.1) is 0 Å². The molecular weight excluding hydrogens is 388 g/mol. The zero-order valence-corrected chi connectivity index (χ0v) is 17.6. The number of benzene rings is 2. The van der Waals surface area contributed by atoms with Crippen molar-refractivity contribution in [2.45, 2.75) is 37.7 Å². The van der Waals surface area contributed by atoms with Gasteiger partial charge in [0, 0.05) is 39.0 Å². The molecule has 0 bridgehead atoms. The number of fused-ring (bicyclic) bond motifs is 2. The Balaban J connectivity index is 1.30. The van der Waals surface area contributed by atoms with E-state index in [0.717, 1.165) is 67.4 Å². The van der Waals surface area contributed by atoms with Gasteiger partial charge >= 0.3 is 0 Å². The summed E-state index contributed by atoms with van der Waals surface area (Å²) in [5.74, 6) is 2.89. The summed E-state index contributed by atoms with van der Waals surface area (Å²) in [5.41, 5.74) is 2.19. The number of ketones is 1. The van der Waals surface area contributed by atoms with Crippen LogP contribution in [-0.4, -0.2) is 47.5 Å². The highest BCUT2D eigenvalue weighted by Crippen LogP contribution is 2.41. The van der Waals surface area contributed by atoms with Gasteiger partial charge in [-0.15, -0.1) is 0 Å². The molecule has 0 radical (unpaired) electrons. The van der Waals surface area contributed by atoms with Crippen molar-refractivity contribution in [1.29, 1.82) is 0 Å². The summed E-state index contributed by atoms with van der Waals surface area (Å²) in [4.78, 5) is 27.5. The number of anilines is 2. The molecule has 0 atom stereocenters. The molecule has 2 saturated heterocycles. The number of para-hydroxylation sites is 3. The maximum absolute atomic E-state index is 12.8. The third kappa shape index (κ3) is 3.21. The van der Waals surface area contributed by atoms with E-state index in [1.165, 1.54) is 12.8 Å². The average molecular weight is 415 g/mol. The van der Waals surface area contributed by atoms with Crippen LogP contribution in [-0.2, 0) is 0 Å². The van der Waals surface area contributed by atoms with E-state index < -0.39 is 5.60 Å². The number of aromatic nitrogens is 2. The van der Waals surface area contributed by atoms with Crippen molar-refractivity contribution in [2.24, 2.45) is 0 Å². The number of piperidine rings is 1. The van der Waals surface area contributed by atoms with Crippen molar-refractivity contribution >= 4 is 28.5 Å². The van der Waals surface area contributed by atoms with Crippen molar-refractivity contribution < 1.29 is 9.53 Å². The van der Waals surface area contributed by atoms with Gasteiger partial charge in [0.2, 0.25) is 0 Å². The summed E-state index contributed by atoms with van der Waals surface area (Å²) < 4.78 is 6.42. The second-order valence-corrected chi connectivity index (χ2v) is 8.92. The Morgan fingerprint density at radius 3 is 2.03 bits per heavy atom. The molecule has 3 aliphatic heterocycles. The van der Waals surface area contributed by atoms with Crippen LogP contribution in [0.15, 0.2) is 48.5 Å². The van der Waals surface area contributed by atoms with Gasteiger partial charge in [-0.3, -0.25) is 4.79 Å². The molecule has 6 heteroatoms. The second kappa shape index (κ2) is 7.22. The number of carbonyl (C=O) groups excluding carboxylic acids is 1. The Hall–Kier alpha value is -3.15. The number of hydrogen-bond acceptors (Lipinski definition) is 6. The SMILES string of the molecule is O=C1CC2(CCN(c3nc4ccccc4nc3N3CCCC3)CC2)Oc2ccccc21. The summed E-state index contributed by atoms with van der Waals surface area (Å²) in [5, 5.41) is 0. The largest absolute Gasteiger partial charge is 0.486 e. The normalized spacial score (nSPS) is 20.2. The Morgan fingerprint density at radius 1 is 0.774 bits per heavy atom. The van der Waals surface area contributed by atoms with Gasteiger partial charge in [-0.2, -0.15) is 0 Å². The molecule has 2 aromatic carbocycles. The third-order valence-electron chi connectivity index (χ3n) is 6.91. The molecule has 1 spiro atoms. The van der Waals surface area contributed by atoms with Gasteiger partial charge in [0.05, 0.1) is 23.0 Å². The van der Waals surface area contributed by atoms with Crippen LogP contribution in [0.2, 0.25) is 0 Å². The molecule has 6 nitrogen and oxygen atoms in total. The van der Waals surface area contributed by atoms with Gasteiger partial charge in [0.1, 0.15) is 11.4 Å². The van der Waals surface area contributed by atoms with Crippen LogP contribution >= 0.6 is 0 Å². The van der Waals surface area contributed by atoms with Crippen LogP contribution in [0.4, 0.5) is 11.6 Å². The first kappa shape index (κ1) is 18.6. The molecule has 0 N–H and O–H groups in total. The van der Waals surface area contributed by atoms with Crippen LogP contribution in [0.5, 0.6) is 5.75 Å². The summed E-state index contributed by atoms with van der Waals surface area (Å²) in [6.07, 6.45) is 4.47. The molecular formula is C25H26N4O2. The summed E-state index contributed by atoms with van der Waals surface area (Å²) in [6, 6.07) is 15.7. The van der Waals surface area contributed by atoms with E-state index in [1.54, 1.807) is 0 Å². The lowest BCUT2D eigenvalue weighted by Gasteiger charge is -2.44. The van der Waals surface area contributed by atoms with Crippen LogP contribution in [0.25, 0.3) is 11.0 Å². The van der Waals surface area contributed by atoms with Crippen molar-refractivity contribution in [1.82, 2.24) is 9.97 Å². The maximum Gasteiger partial charge on any atom is 0.172 e. The monoisotopic (exact) mass is 414 g/mol. The molecule has 3 aliphatic rings. The fourth-order valence-electron chi connectivity index (χ4n) is 5.18. The minimum Gasteiger partial charge on any atom is -0.486 e. The fraction of sp³-hybridized carbons (Fsp3) is 0.400. The predicted octanol–water partition coefficient (Wildman–Crippen LogP) is 4.23. The molecule has 2 fully saturated rings. The first-order chi connectivity index (χ1) is 15.2. The van der Waals surface area contributed by atoms with Crippen LogP contribution < -0.4 is 14.5 Å². The van der Waals surface area contributed by atoms with Crippen molar-refractivity contribution in [3.63, 3.8) is 0 Å². The van der Waals surface area contributed by atoms with E-state index in [2.05, 4.69) is 9.80 Å². The average Bonchev–Trinajstić information content (AvgIpc) is 3.34. The Bertz CT molecular complexity index is 1150. The Morgan fingerprint density at radius 2 is 1.35 bits per heavy atom. The lowest BCUT2D eigenvalue weighted by molar-refractivity contribution is 0.0231. The highest BCUT2D eigenvalue weighted by molar-refractivity contribution is 6.00. The van der Waals surface area contributed by atoms with Crippen LogP contribution in [0.1, 0.15) is 42.5 Å². The standard InChI is InChI=1S/C25H26N4O2/c30-21-17-25(31-22-10-4-1-7-18(21)22)11-15-29(16-12-25)24-23(28-13-5-6-14-28)26-19-8-2-3-9-20(19)27-24/h1-4,7-10H,5-6,11-17H2. The molecule has 31 heavy (non-hydrogen) atoms. The molecule has 1 aromatic heterocycles. The molecule has 3 aromatic rings. The molecule has 158 valence electrons. The van der Waals surface area contributed by atoms with Gasteiger partial charge in [0.15, 0.2) is 17.4 Å². The minimum absolute atomic E-state index is 0.193. The molecule has 6 rings (SSSR count). The highest BCUT2D eigenvalue weighted by Gasteiger charge is 2.43. The van der Waals surface area contributed by atoms with E-state index in [0.29, 0.717) is 12.0 Å². The van der Waals surface area contributed by atoms with Gasteiger partial charge in [-0.05, 0) is 37.1 Å². The number of hydrogen-bond donors (Lipinski definition) is 0. The van der Waals surface area contributed by atoms with E-state index in [1.807, 2.05) is 48.5 Å². The smallest absolute Gasteiger partial charge is 0.172 e. The second-order valence-electron chi connectivity index (χ2n) is 8.92. The van der Waals surface area contributed by atoms with Gasteiger partial charge in [-0.1, -0.05) is 24.3 Å². The van der Waals surface area contributed by atoms with Gasteiger partial charge < -0.3 is 14.5 Å². The summed E-state index contributed by atoms with van der Waals surface area (Å²) >= 11 is 0. The number of rotatable bonds is 2. The zero-order valence-electron chi connectivity index (χ0n) is 17.6. The fourth-order valence-corrected chi connectivity index (χ4v) is 5.18. The molecule has 0 aliphatic carbocycles. The van der Waals surface area contributed by atoms with E-state index in [9.17, 15) is 4.79 Å². The molecule has 4 heterocycles. The number of Topliss-reactive ketones (excluding diaryl/α,β-unsaturated/α-hetero) is 1. The van der Waals surface area contributed by atoms with E-state index in [-0.39, 0.29) is 5.78 Å². The van der Waals surface area contributed by atoms with Crippen molar-refractivity contribution in [2.75, 3.05) is 36.0 Å². The zero-order chi connectivity index (χ0) is 20.8. The lowest BCUT2D eigenvalue weighted by Crippen LogP contribution is -2.51.